The van der Waals surface area contributed by atoms with Crippen molar-refractivity contribution in [1.29, 1.82) is 0 Å². The summed E-state index contributed by atoms with van der Waals surface area (Å²) in [5.74, 6) is -0.379. The number of amides is 1. The summed E-state index contributed by atoms with van der Waals surface area (Å²) in [5.41, 5.74) is 0.841. The highest BCUT2D eigenvalue weighted by Gasteiger charge is 2.33. The lowest BCUT2D eigenvalue weighted by Gasteiger charge is -2.14. The molecule has 0 saturated carbocycles. The van der Waals surface area contributed by atoms with Crippen molar-refractivity contribution >= 4 is 74.4 Å². The minimum absolute atomic E-state index is 0.102. The molecule has 12 heteroatoms. The Kier molecular flexibility index (Phi) is 6.64. The third-order valence-electron chi connectivity index (χ3n) is 3.52. The number of nitrogens with one attached hydrogen (secondary N) is 3. The van der Waals surface area contributed by atoms with Crippen molar-refractivity contribution in [3.8, 4) is 0 Å². The first-order valence-electron chi connectivity index (χ1n) is 7.85. The van der Waals surface area contributed by atoms with Gasteiger partial charge >= 0.3 is 6.18 Å². The standard InChI is InChI=1S/C17H11F3IN5OS2/c18-17(19,20)12-7-11(5-6-13(12)21)24-16(28)23-10-3-1-9(2-4-10)22-15(27)14-8-29-26-25-14/h1-8H,(H,22,27)(H2,23,24,28). The number of benzene rings is 2. The van der Waals surface area contributed by atoms with Gasteiger partial charge in [-0.25, -0.2) is 0 Å². The highest BCUT2D eigenvalue weighted by atomic mass is 127. The number of aromatic nitrogens is 2. The lowest BCUT2D eigenvalue weighted by Crippen LogP contribution is -2.20. The summed E-state index contributed by atoms with van der Waals surface area (Å²) in [6, 6.07) is 10.5. The van der Waals surface area contributed by atoms with Crippen molar-refractivity contribution in [3.63, 3.8) is 0 Å². The van der Waals surface area contributed by atoms with Gasteiger partial charge in [0, 0.05) is 26.0 Å². The molecule has 1 heterocycles. The summed E-state index contributed by atoms with van der Waals surface area (Å²) in [6.07, 6.45) is -4.45. The van der Waals surface area contributed by atoms with Gasteiger partial charge in [-0.05, 0) is 88.8 Å². The molecule has 3 rings (SSSR count). The van der Waals surface area contributed by atoms with Gasteiger partial charge in [-0.1, -0.05) is 4.49 Å². The van der Waals surface area contributed by atoms with Crippen LogP contribution < -0.4 is 16.0 Å². The first-order valence-corrected chi connectivity index (χ1v) is 10.2. The average Bonchev–Trinajstić information content (AvgIpc) is 3.19. The van der Waals surface area contributed by atoms with Gasteiger partial charge in [-0.3, -0.25) is 4.79 Å². The van der Waals surface area contributed by atoms with Gasteiger partial charge in [0.2, 0.25) is 0 Å². The number of carbonyl (C=O) groups is 1. The Morgan fingerprint density at radius 1 is 1.00 bits per heavy atom. The van der Waals surface area contributed by atoms with Crippen molar-refractivity contribution in [2.75, 3.05) is 16.0 Å². The molecule has 0 aliphatic carbocycles. The number of anilines is 3. The normalized spacial score (nSPS) is 11.0. The molecule has 1 aromatic heterocycles. The summed E-state index contributed by atoms with van der Waals surface area (Å²) < 4.78 is 42.8. The molecule has 0 spiro atoms. The molecule has 3 aromatic rings. The molecule has 6 nitrogen and oxygen atoms in total. The first kappa shape index (κ1) is 21.4. The summed E-state index contributed by atoms with van der Waals surface area (Å²) in [6.45, 7) is 0. The second kappa shape index (κ2) is 9.00. The van der Waals surface area contributed by atoms with Crippen LogP contribution >= 0.6 is 46.3 Å². The molecule has 0 atom stereocenters. The Morgan fingerprint density at radius 2 is 1.59 bits per heavy atom. The topological polar surface area (TPSA) is 78.9 Å². The fourth-order valence-electron chi connectivity index (χ4n) is 2.21. The fraction of sp³-hybridized carbons (Fsp3) is 0.0588. The minimum Gasteiger partial charge on any atom is -0.332 e. The molecule has 1 amide bonds. The largest absolute Gasteiger partial charge is 0.417 e. The van der Waals surface area contributed by atoms with E-state index in [-0.39, 0.29) is 26.0 Å². The molecule has 0 aliphatic heterocycles. The van der Waals surface area contributed by atoms with Gasteiger partial charge in [0.15, 0.2) is 10.8 Å². The van der Waals surface area contributed by atoms with Crippen LogP contribution in [0.25, 0.3) is 0 Å². The predicted molar refractivity (Wildman–Crippen MR) is 118 cm³/mol. The van der Waals surface area contributed by atoms with Gasteiger partial charge in [-0.15, -0.1) is 5.10 Å². The van der Waals surface area contributed by atoms with E-state index in [1.165, 1.54) is 17.5 Å². The second-order valence-electron chi connectivity index (χ2n) is 5.59. The highest BCUT2D eigenvalue weighted by molar-refractivity contribution is 14.1. The van der Waals surface area contributed by atoms with E-state index in [0.717, 1.165) is 17.6 Å². The summed E-state index contributed by atoms with van der Waals surface area (Å²) in [5, 5.41) is 13.6. The van der Waals surface area contributed by atoms with Crippen LogP contribution in [0, 0.1) is 3.57 Å². The van der Waals surface area contributed by atoms with E-state index in [4.69, 9.17) is 12.2 Å². The summed E-state index contributed by atoms with van der Waals surface area (Å²) >= 11 is 7.87. The lowest BCUT2D eigenvalue weighted by atomic mass is 10.2. The number of hydrogen-bond acceptors (Lipinski definition) is 5. The number of thiocarbonyl (C=S) groups is 1. The van der Waals surface area contributed by atoms with Crippen molar-refractivity contribution in [1.82, 2.24) is 9.59 Å². The number of rotatable bonds is 4. The SMILES string of the molecule is O=C(Nc1ccc(NC(=S)Nc2ccc(I)c(C(F)(F)F)c2)cc1)c1csnn1. The van der Waals surface area contributed by atoms with E-state index >= 15 is 0 Å². The third-order valence-corrected chi connectivity index (χ3v) is 5.17. The number of carbonyl (C=O) groups excluding carboxylic acids is 1. The van der Waals surface area contributed by atoms with E-state index in [0.29, 0.717) is 11.4 Å². The Labute approximate surface area is 186 Å². The smallest absolute Gasteiger partial charge is 0.332 e. The Morgan fingerprint density at radius 3 is 2.17 bits per heavy atom. The van der Waals surface area contributed by atoms with E-state index < -0.39 is 11.7 Å². The maximum Gasteiger partial charge on any atom is 0.417 e. The molecule has 3 N–H and O–H groups in total. The molecule has 0 bridgehead atoms. The van der Waals surface area contributed by atoms with Crippen molar-refractivity contribution in [3.05, 3.63) is 62.7 Å². The van der Waals surface area contributed by atoms with Crippen LogP contribution in [0.2, 0.25) is 0 Å². The molecule has 0 aliphatic rings. The van der Waals surface area contributed by atoms with Crippen LogP contribution in [0.15, 0.2) is 47.8 Å². The fourth-order valence-corrected chi connectivity index (χ4v) is 3.52. The molecule has 2 aromatic carbocycles. The predicted octanol–water partition coefficient (Wildman–Crippen LogP) is 5.22. The van der Waals surface area contributed by atoms with Crippen LogP contribution in [-0.2, 0) is 6.18 Å². The average molecular weight is 549 g/mol. The molecule has 0 unspecified atom stereocenters. The lowest BCUT2D eigenvalue weighted by molar-refractivity contribution is -0.138. The van der Waals surface area contributed by atoms with Crippen LogP contribution in [0.3, 0.4) is 0 Å². The van der Waals surface area contributed by atoms with Crippen molar-refractivity contribution < 1.29 is 18.0 Å². The van der Waals surface area contributed by atoms with Crippen LogP contribution in [-0.4, -0.2) is 20.6 Å². The monoisotopic (exact) mass is 549 g/mol. The zero-order chi connectivity index (χ0) is 21.0. The molecule has 0 fully saturated rings. The summed E-state index contributed by atoms with van der Waals surface area (Å²) in [4.78, 5) is 11.9. The van der Waals surface area contributed by atoms with Gasteiger partial charge < -0.3 is 16.0 Å². The van der Waals surface area contributed by atoms with Gasteiger partial charge in [0.25, 0.3) is 5.91 Å². The second-order valence-corrected chi connectivity index (χ2v) is 7.77. The number of alkyl halides is 3. The van der Waals surface area contributed by atoms with E-state index in [1.807, 2.05) is 0 Å². The zero-order valence-electron chi connectivity index (χ0n) is 14.2. The third kappa shape index (κ3) is 5.83. The van der Waals surface area contributed by atoms with Crippen molar-refractivity contribution in [2.24, 2.45) is 0 Å². The Hall–Kier alpha value is -2.32. The highest BCUT2D eigenvalue weighted by Crippen LogP contribution is 2.34. The van der Waals surface area contributed by atoms with Gasteiger partial charge in [0.05, 0.1) is 5.56 Å². The first-order chi connectivity index (χ1) is 13.7. The Balaban J connectivity index is 1.60. The molecule has 0 radical (unpaired) electrons. The Bertz CT molecular complexity index is 1030. The van der Waals surface area contributed by atoms with E-state index in [2.05, 4.69) is 25.5 Å². The maximum atomic E-state index is 13.0. The number of nitrogens with zero attached hydrogens (tertiary/aromatic N) is 2. The maximum absolute atomic E-state index is 13.0. The molecular formula is C17H11F3IN5OS2. The van der Waals surface area contributed by atoms with Crippen molar-refractivity contribution in [2.45, 2.75) is 6.18 Å². The molecule has 29 heavy (non-hydrogen) atoms. The molecule has 0 saturated heterocycles. The van der Waals surface area contributed by atoms with Crippen LogP contribution in [0.4, 0.5) is 30.2 Å². The van der Waals surface area contributed by atoms with E-state index in [1.54, 1.807) is 46.9 Å². The summed E-state index contributed by atoms with van der Waals surface area (Å²) in [7, 11) is 0. The van der Waals surface area contributed by atoms with E-state index in [9.17, 15) is 18.0 Å². The van der Waals surface area contributed by atoms with Crippen LogP contribution in [0.1, 0.15) is 16.1 Å². The van der Waals surface area contributed by atoms with Crippen LogP contribution in [0.5, 0.6) is 0 Å². The zero-order valence-corrected chi connectivity index (χ0v) is 18.0. The van der Waals surface area contributed by atoms with Gasteiger partial charge in [0.1, 0.15) is 0 Å². The molecular weight excluding hydrogens is 538 g/mol. The molecule has 150 valence electrons. The minimum atomic E-state index is -4.45. The van der Waals surface area contributed by atoms with Gasteiger partial charge in [-0.2, -0.15) is 13.2 Å². The quantitative estimate of drug-likeness (QED) is 0.306. The number of hydrogen-bond donors (Lipinski definition) is 3. The number of halogens is 4.